The number of nitrogens with zero attached hydrogens (tertiary/aromatic N) is 1. The Bertz CT molecular complexity index is 574. The Hall–Kier alpha value is -0.670. The lowest BCUT2D eigenvalue weighted by molar-refractivity contribution is -0.0405. The average Bonchev–Trinajstić information content (AvgIpc) is 2.70. The third kappa shape index (κ3) is 2.63. The number of H-pyrrole nitrogens is 1. The highest BCUT2D eigenvalue weighted by Crippen LogP contribution is 2.38. The molecule has 0 aromatic carbocycles. The summed E-state index contributed by atoms with van der Waals surface area (Å²) in [6.07, 6.45) is 0.164. The van der Waals surface area contributed by atoms with Crippen molar-refractivity contribution in [1.82, 2.24) is 9.55 Å². The molecule has 0 amide bonds. The van der Waals surface area contributed by atoms with E-state index in [2.05, 4.69) is 4.98 Å². The topological polar surface area (TPSA) is 70.4 Å². The van der Waals surface area contributed by atoms with Gasteiger partial charge in [-0.15, -0.1) is 0 Å². The molecular formula is C11H15FN2O3S2. The fourth-order valence-corrected chi connectivity index (χ4v) is 2.86. The largest absolute Gasteiger partial charge is 0.396 e. The van der Waals surface area contributed by atoms with Crippen LogP contribution in [0.15, 0.2) is 6.20 Å². The van der Waals surface area contributed by atoms with E-state index < -0.39 is 18.1 Å². The van der Waals surface area contributed by atoms with E-state index in [1.165, 1.54) is 10.8 Å². The number of hydrogen-bond acceptors (Lipinski definition) is 5. The number of aliphatic hydroxyl groups excluding tert-OH is 2. The van der Waals surface area contributed by atoms with Gasteiger partial charge in [0.15, 0.2) is 10.6 Å². The smallest absolute Gasteiger partial charge is 0.180 e. The molecule has 1 aromatic rings. The third-order valence-electron chi connectivity index (χ3n) is 3.51. The zero-order valence-corrected chi connectivity index (χ0v) is 11.9. The standard InChI is InChI=1S/C11H15FN2O3S2/c1-5-6(3-15)8(4-16)17-10(5)14-2-7(12)9(18)13-11(14)19/h2,5-6,8,10,15-16H,3-4H2,1H3,(H,13,18,19)/t5?,6?,8-,10-/m1/s1. The molecule has 19 heavy (non-hydrogen) atoms. The molecule has 0 spiro atoms. The van der Waals surface area contributed by atoms with Crippen LogP contribution in [0.4, 0.5) is 4.39 Å². The van der Waals surface area contributed by atoms with Gasteiger partial charge in [-0.2, -0.15) is 0 Å². The number of rotatable bonds is 3. The first-order valence-electron chi connectivity index (χ1n) is 5.87. The van der Waals surface area contributed by atoms with Gasteiger partial charge in [-0.25, -0.2) is 4.39 Å². The molecule has 4 atom stereocenters. The molecule has 2 unspecified atom stereocenters. The normalized spacial score (nSPS) is 30.7. The van der Waals surface area contributed by atoms with Crippen molar-refractivity contribution in [2.45, 2.75) is 19.3 Å². The minimum absolute atomic E-state index is 0.0516. The Morgan fingerprint density at radius 1 is 1.42 bits per heavy atom. The predicted octanol–water partition coefficient (Wildman–Crippen LogP) is 1.55. The lowest BCUT2D eigenvalue weighted by Gasteiger charge is -2.20. The van der Waals surface area contributed by atoms with Crippen LogP contribution in [0.5, 0.6) is 0 Å². The van der Waals surface area contributed by atoms with E-state index >= 15 is 0 Å². The quantitative estimate of drug-likeness (QED) is 0.739. The number of aromatic amines is 1. The summed E-state index contributed by atoms with van der Waals surface area (Å²) in [5.41, 5.74) is 0. The molecule has 8 heteroatoms. The van der Waals surface area contributed by atoms with Crippen molar-refractivity contribution in [2.24, 2.45) is 11.8 Å². The molecule has 5 nitrogen and oxygen atoms in total. The van der Waals surface area contributed by atoms with Gasteiger partial charge in [-0.1, -0.05) is 19.1 Å². The molecule has 0 saturated carbocycles. The first-order valence-corrected chi connectivity index (χ1v) is 6.69. The SMILES string of the molecule is CC1C(CO)[C@@H](CO)O[C@H]1n1cc(F)c(=S)[nH]c1=S. The van der Waals surface area contributed by atoms with E-state index in [-0.39, 0.29) is 34.5 Å². The van der Waals surface area contributed by atoms with Crippen molar-refractivity contribution in [3.63, 3.8) is 0 Å². The zero-order valence-electron chi connectivity index (χ0n) is 10.2. The lowest BCUT2D eigenvalue weighted by atomic mass is 9.92. The molecule has 1 fully saturated rings. The third-order valence-corrected chi connectivity index (χ3v) is 4.12. The first kappa shape index (κ1) is 14.7. The van der Waals surface area contributed by atoms with Gasteiger partial charge < -0.3 is 19.9 Å². The number of ether oxygens (including phenoxy) is 1. The number of halogens is 1. The lowest BCUT2D eigenvalue weighted by Crippen LogP contribution is -2.26. The molecule has 0 radical (unpaired) electrons. The molecule has 0 bridgehead atoms. The van der Waals surface area contributed by atoms with Crippen molar-refractivity contribution in [3.05, 3.63) is 21.4 Å². The Morgan fingerprint density at radius 2 is 2.11 bits per heavy atom. The van der Waals surface area contributed by atoms with E-state index in [4.69, 9.17) is 29.2 Å². The highest BCUT2D eigenvalue weighted by molar-refractivity contribution is 7.72. The van der Waals surface area contributed by atoms with Crippen LogP contribution in [0.25, 0.3) is 0 Å². The molecule has 1 aliphatic heterocycles. The van der Waals surface area contributed by atoms with E-state index in [0.717, 1.165) is 0 Å². The van der Waals surface area contributed by atoms with E-state index in [1.54, 1.807) is 0 Å². The number of aromatic nitrogens is 2. The maximum atomic E-state index is 13.5. The highest BCUT2D eigenvalue weighted by Gasteiger charge is 2.42. The van der Waals surface area contributed by atoms with Crippen LogP contribution in [0.1, 0.15) is 13.2 Å². The van der Waals surface area contributed by atoms with Crippen LogP contribution in [-0.4, -0.2) is 39.1 Å². The van der Waals surface area contributed by atoms with Gasteiger partial charge in [-0.3, -0.25) is 4.57 Å². The van der Waals surface area contributed by atoms with Gasteiger partial charge in [0.1, 0.15) is 10.9 Å². The Balaban J connectivity index is 2.41. The fraction of sp³-hybridized carbons (Fsp3) is 0.636. The van der Waals surface area contributed by atoms with Crippen molar-refractivity contribution in [3.8, 4) is 0 Å². The fourth-order valence-electron chi connectivity index (χ4n) is 2.38. The van der Waals surface area contributed by atoms with Crippen molar-refractivity contribution >= 4 is 24.4 Å². The van der Waals surface area contributed by atoms with E-state index in [0.29, 0.717) is 0 Å². The molecular weight excluding hydrogens is 291 g/mol. The van der Waals surface area contributed by atoms with Gasteiger partial charge >= 0.3 is 0 Å². The number of nitrogens with one attached hydrogen (secondary N) is 1. The van der Waals surface area contributed by atoms with Gasteiger partial charge in [0.25, 0.3) is 0 Å². The molecule has 3 N–H and O–H groups in total. The molecule has 2 heterocycles. The van der Waals surface area contributed by atoms with Crippen LogP contribution in [-0.2, 0) is 4.74 Å². The van der Waals surface area contributed by atoms with Crippen LogP contribution in [0.2, 0.25) is 0 Å². The monoisotopic (exact) mass is 306 g/mol. The number of hydrogen-bond donors (Lipinski definition) is 3. The average molecular weight is 306 g/mol. The maximum absolute atomic E-state index is 13.5. The molecule has 1 aromatic heterocycles. The molecule has 0 aliphatic carbocycles. The summed E-state index contributed by atoms with van der Waals surface area (Å²) >= 11 is 9.87. The second kappa shape index (κ2) is 5.76. The van der Waals surface area contributed by atoms with E-state index in [9.17, 15) is 14.6 Å². The Kier molecular flexibility index (Phi) is 4.46. The van der Waals surface area contributed by atoms with Gasteiger partial charge in [-0.05, 0) is 12.2 Å². The van der Waals surface area contributed by atoms with Crippen molar-refractivity contribution in [2.75, 3.05) is 13.2 Å². The minimum Gasteiger partial charge on any atom is -0.396 e. The summed E-state index contributed by atoms with van der Waals surface area (Å²) in [6.45, 7) is 1.55. The summed E-state index contributed by atoms with van der Waals surface area (Å²) in [6, 6.07) is 0. The summed E-state index contributed by atoms with van der Waals surface area (Å²) in [7, 11) is 0. The summed E-state index contributed by atoms with van der Waals surface area (Å²) in [4.78, 5) is 2.58. The summed E-state index contributed by atoms with van der Waals surface area (Å²) < 4.78 is 20.8. The van der Waals surface area contributed by atoms with Crippen molar-refractivity contribution in [1.29, 1.82) is 0 Å². The Labute approximate surface area is 119 Å². The second-order valence-corrected chi connectivity index (χ2v) is 5.39. The molecule has 2 rings (SSSR count). The highest BCUT2D eigenvalue weighted by atomic mass is 32.1. The van der Waals surface area contributed by atoms with Gasteiger partial charge in [0, 0.05) is 24.6 Å². The van der Waals surface area contributed by atoms with Crippen LogP contribution < -0.4 is 0 Å². The van der Waals surface area contributed by atoms with Crippen LogP contribution in [0, 0.1) is 27.1 Å². The molecule has 1 aliphatic rings. The molecule has 1 saturated heterocycles. The molecule has 106 valence electrons. The summed E-state index contributed by atoms with van der Waals surface area (Å²) in [5, 5.41) is 18.6. The van der Waals surface area contributed by atoms with Crippen LogP contribution in [0.3, 0.4) is 0 Å². The first-order chi connectivity index (χ1) is 8.99. The maximum Gasteiger partial charge on any atom is 0.180 e. The van der Waals surface area contributed by atoms with Crippen molar-refractivity contribution < 1.29 is 19.3 Å². The second-order valence-electron chi connectivity index (χ2n) is 4.60. The predicted molar refractivity (Wildman–Crippen MR) is 71.1 cm³/mol. The number of aliphatic hydroxyl groups is 2. The van der Waals surface area contributed by atoms with Gasteiger partial charge in [0.2, 0.25) is 0 Å². The van der Waals surface area contributed by atoms with Gasteiger partial charge in [0.05, 0.1) is 12.7 Å². The van der Waals surface area contributed by atoms with Crippen LogP contribution >= 0.6 is 24.4 Å². The minimum atomic E-state index is -0.590. The van der Waals surface area contributed by atoms with E-state index in [1.807, 2.05) is 6.92 Å². The zero-order chi connectivity index (χ0) is 14.2. The summed E-state index contributed by atoms with van der Waals surface area (Å²) in [5.74, 6) is -0.923. The Morgan fingerprint density at radius 3 is 2.63 bits per heavy atom.